The van der Waals surface area contributed by atoms with Crippen LogP contribution in [0, 0.1) is 28.1 Å². The molecule has 0 aromatic heterocycles. The molecule has 0 radical (unpaired) electrons. The molecule has 1 saturated heterocycles. The van der Waals surface area contributed by atoms with Crippen molar-refractivity contribution < 1.29 is 4.79 Å². The number of hydrogen-bond donors (Lipinski definition) is 0. The Bertz CT molecular complexity index is 684. The van der Waals surface area contributed by atoms with Gasteiger partial charge >= 0.3 is 0 Å². The molecule has 3 rings (SSSR count). The molecule has 5 nitrogen and oxygen atoms in total. The number of amides is 1. The van der Waals surface area contributed by atoms with Gasteiger partial charge < -0.3 is 4.90 Å². The van der Waals surface area contributed by atoms with Gasteiger partial charge in [-0.1, -0.05) is 31.4 Å². The molecule has 0 atom stereocenters. The number of hydrogen-bond acceptors (Lipinski definition) is 4. The summed E-state index contributed by atoms with van der Waals surface area (Å²) in [6.45, 7) is 3.87. The average molecular weight is 336 g/mol. The average Bonchev–Trinajstić information content (AvgIpc) is 2.69. The highest BCUT2D eigenvalue weighted by molar-refractivity contribution is 5.85. The van der Waals surface area contributed by atoms with Crippen LogP contribution in [0.3, 0.4) is 0 Å². The Labute approximate surface area is 149 Å². The van der Waals surface area contributed by atoms with E-state index in [1.54, 1.807) is 0 Å². The highest BCUT2D eigenvalue weighted by Crippen LogP contribution is 2.37. The standard InChI is InChI=1S/C20H24N4O/c21-14-17-4-6-18(7-5-17)15-23-10-12-24(13-11-23)19(25)20(16-22)8-2-1-3-9-20/h4-7H,1-3,8-13,15H2. The summed E-state index contributed by atoms with van der Waals surface area (Å²) in [5, 5.41) is 18.5. The smallest absolute Gasteiger partial charge is 0.243 e. The molecular weight excluding hydrogens is 312 g/mol. The van der Waals surface area contributed by atoms with Crippen molar-refractivity contribution in [2.75, 3.05) is 26.2 Å². The van der Waals surface area contributed by atoms with Crippen LogP contribution in [0.1, 0.15) is 43.2 Å². The summed E-state index contributed by atoms with van der Waals surface area (Å²) in [5.74, 6) is 0.0488. The zero-order valence-electron chi connectivity index (χ0n) is 14.6. The second-order valence-corrected chi connectivity index (χ2v) is 7.13. The van der Waals surface area contributed by atoms with Crippen LogP contribution >= 0.6 is 0 Å². The fraction of sp³-hybridized carbons (Fsp3) is 0.550. The van der Waals surface area contributed by atoms with Gasteiger partial charge in [0.15, 0.2) is 0 Å². The summed E-state index contributed by atoms with van der Waals surface area (Å²) in [5.41, 5.74) is 1.08. The van der Waals surface area contributed by atoms with Gasteiger partial charge in [0, 0.05) is 32.7 Å². The van der Waals surface area contributed by atoms with E-state index in [1.807, 2.05) is 29.2 Å². The van der Waals surface area contributed by atoms with Crippen molar-refractivity contribution in [3.63, 3.8) is 0 Å². The molecule has 0 bridgehead atoms. The van der Waals surface area contributed by atoms with E-state index in [9.17, 15) is 10.1 Å². The largest absolute Gasteiger partial charge is 0.339 e. The number of carbonyl (C=O) groups excluding carboxylic acids is 1. The van der Waals surface area contributed by atoms with Gasteiger partial charge in [0.1, 0.15) is 5.41 Å². The zero-order chi connectivity index (χ0) is 17.7. The van der Waals surface area contributed by atoms with Crippen LogP contribution in [0.25, 0.3) is 0 Å². The topological polar surface area (TPSA) is 71.1 Å². The Kier molecular flexibility index (Phi) is 5.36. The lowest BCUT2D eigenvalue weighted by molar-refractivity contribution is -0.142. The first-order valence-electron chi connectivity index (χ1n) is 9.09. The highest BCUT2D eigenvalue weighted by atomic mass is 16.2. The third-order valence-electron chi connectivity index (χ3n) is 5.48. The van der Waals surface area contributed by atoms with Crippen molar-refractivity contribution in [3.8, 4) is 12.1 Å². The molecule has 1 heterocycles. The minimum Gasteiger partial charge on any atom is -0.339 e. The summed E-state index contributed by atoms with van der Waals surface area (Å²) in [7, 11) is 0. The second-order valence-electron chi connectivity index (χ2n) is 7.13. The van der Waals surface area contributed by atoms with Gasteiger partial charge in [-0.25, -0.2) is 0 Å². The molecule has 0 spiro atoms. The first kappa shape index (κ1) is 17.5. The first-order valence-corrected chi connectivity index (χ1v) is 9.09. The Morgan fingerprint density at radius 1 is 1.00 bits per heavy atom. The maximum absolute atomic E-state index is 12.9. The number of carbonyl (C=O) groups is 1. The molecule has 1 saturated carbocycles. The van der Waals surface area contributed by atoms with Crippen molar-refractivity contribution in [3.05, 3.63) is 35.4 Å². The van der Waals surface area contributed by atoms with Crippen molar-refractivity contribution in [2.24, 2.45) is 5.41 Å². The fourth-order valence-corrected chi connectivity index (χ4v) is 3.88. The normalized spacial score (nSPS) is 20.5. The lowest BCUT2D eigenvalue weighted by Crippen LogP contribution is -2.53. The maximum Gasteiger partial charge on any atom is 0.243 e. The van der Waals surface area contributed by atoms with Gasteiger partial charge in [0.25, 0.3) is 0 Å². The van der Waals surface area contributed by atoms with Crippen LogP contribution in [-0.4, -0.2) is 41.9 Å². The molecule has 2 fully saturated rings. The van der Waals surface area contributed by atoms with Crippen LogP contribution in [-0.2, 0) is 11.3 Å². The van der Waals surface area contributed by atoms with Crippen LogP contribution in [0.2, 0.25) is 0 Å². The number of piperazine rings is 1. The third kappa shape index (κ3) is 3.83. The minimum absolute atomic E-state index is 0.0488. The molecule has 1 amide bonds. The summed E-state index contributed by atoms with van der Waals surface area (Å²) in [4.78, 5) is 17.1. The quantitative estimate of drug-likeness (QED) is 0.851. The fourth-order valence-electron chi connectivity index (χ4n) is 3.88. The molecule has 5 heteroatoms. The van der Waals surface area contributed by atoms with Gasteiger partial charge in [-0.05, 0) is 30.5 Å². The van der Waals surface area contributed by atoms with Gasteiger partial charge in [-0.15, -0.1) is 0 Å². The van der Waals surface area contributed by atoms with Crippen molar-refractivity contribution >= 4 is 5.91 Å². The van der Waals surface area contributed by atoms with Crippen molar-refractivity contribution in [1.29, 1.82) is 10.5 Å². The molecule has 25 heavy (non-hydrogen) atoms. The number of nitrogens with zero attached hydrogens (tertiary/aromatic N) is 4. The maximum atomic E-state index is 12.9. The molecule has 1 aliphatic heterocycles. The van der Waals surface area contributed by atoms with E-state index < -0.39 is 5.41 Å². The predicted octanol–water partition coefficient (Wildman–Crippen LogP) is 2.68. The summed E-state index contributed by atoms with van der Waals surface area (Å²) in [6.07, 6.45) is 4.53. The van der Waals surface area contributed by atoms with E-state index >= 15 is 0 Å². The lowest BCUT2D eigenvalue weighted by atomic mass is 9.74. The van der Waals surface area contributed by atoms with E-state index in [2.05, 4.69) is 17.0 Å². The van der Waals surface area contributed by atoms with E-state index in [-0.39, 0.29) is 5.91 Å². The first-order chi connectivity index (χ1) is 12.2. The highest BCUT2D eigenvalue weighted by Gasteiger charge is 2.42. The third-order valence-corrected chi connectivity index (χ3v) is 5.48. The zero-order valence-corrected chi connectivity index (χ0v) is 14.6. The summed E-state index contributed by atoms with van der Waals surface area (Å²) >= 11 is 0. The lowest BCUT2D eigenvalue weighted by Gasteiger charge is -2.39. The number of nitriles is 2. The molecule has 0 N–H and O–H groups in total. The molecule has 1 aliphatic carbocycles. The molecular formula is C20H24N4O. The second kappa shape index (κ2) is 7.68. The Morgan fingerprint density at radius 2 is 1.64 bits per heavy atom. The van der Waals surface area contributed by atoms with E-state index in [4.69, 9.17) is 5.26 Å². The minimum atomic E-state index is -0.770. The van der Waals surface area contributed by atoms with Gasteiger partial charge in [0.2, 0.25) is 5.91 Å². The Morgan fingerprint density at radius 3 is 2.20 bits per heavy atom. The molecule has 1 aromatic carbocycles. The van der Waals surface area contributed by atoms with Crippen molar-refractivity contribution in [2.45, 2.75) is 38.6 Å². The van der Waals surface area contributed by atoms with E-state index in [1.165, 1.54) is 5.56 Å². The monoisotopic (exact) mass is 336 g/mol. The van der Waals surface area contributed by atoms with E-state index in [0.717, 1.165) is 38.9 Å². The van der Waals surface area contributed by atoms with Crippen LogP contribution in [0.5, 0.6) is 0 Å². The number of benzene rings is 1. The Balaban J connectivity index is 1.55. The van der Waals surface area contributed by atoms with Crippen LogP contribution in [0.15, 0.2) is 24.3 Å². The van der Waals surface area contributed by atoms with Crippen LogP contribution < -0.4 is 0 Å². The van der Waals surface area contributed by atoms with Crippen LogP contribution in [0.4, 0.5) is 0 Å². The molecule has 0 unspecified atom stereocenters. The van der Waals surface area contributed by atoms with Gasteiger partial charge in [0.05, 0.1) is 17.7 Å². The van der Waals surface area contributed by atoms with Gasteiger partial charge in [-0.2, -0.15) is 10.5 Å². The number of rotatable bonds is 3. The van der Waals surface area contributed by atoms with Crippen molar-refractivity contribution in [1.82, 2.24) is 9.80 Å². The SMILES string of the molecule is N#Cc1ccc(CN2CCN(C(=O)C3(C#N)CCCCC3)CC2)cc1. The molecule has 130 valence electrons. The predicted molar refractivity (Wildman–Crippen MR) is 94.1 cm³/mol. The summed E-state index contributed by atoms with van der Waals surface area (Å²) < 4.78 is 0. The van der Waals surface area contributed by atoms with E-state index in [0.29, 0.717) is 31.5 Å². The summed E-state index contributed by atoms with van der Waals surface area (Å²) in [6, 6.07) is 12.1. The van der Waals surface area contributed by atoms with Gasteiger partial charge in [-0.3, -0.25) is 9.69 Å². The molecule has 1 aromatic rings. The Hall–Kier alpha value is -2.37. The molecule has 2 aliphatic rings.